The number of alkyl halides is 1. The van der Waals surface area contributed by atoms with Gasteiger partial charge in [-0.05, 0) is 41.4 Å². The van der Waals surface area contributed by atoms with Crippen LogP contribution in [0.1, 0.15) is 29.3 Å². The van der Waals surface area contributed by atoms with Gasteiger partial charge in [-0.25, -0.2) is 0 Å². The number of benzene rings is 1. The standard InChI is InChI=1S/C12H15Br2NO/c1-3-9(7-13)15-12(16)10-6-8(2)4-5-11(10)14/h4-6,9H,3,7H2,1-2H3,(H,15,16). The zero-order valence-electron chi connectivity index (χ0n) is 9.39. The van der Waals surface area contributed by atoms with E-state index in [9.17, 15) is 4.79 Å². The van der Waals surface area contributed by atoms with E-state index < -0.39 is 0 Å². The van der Waals surface area contributed by atoms with Gasteiger partial charge in [0.25, 0.3) is 5.91 Å². The molecule has 0 aliphatic rings. The molecule has 4 heteroatoms. The van der Waals surface area contributed by atoms with Gasteiger partial charge in [0.15, 0.2) is 0 Å². The Morgan fingerprint density at radius 3 is 2.75 bits per heavy atom. The highest BCUT2D eigenvalue weighted by Crippen LogP contribution is 2.18. The van der Waals surface area contributed by atoms with E-state index >= 15 is 0 Å². The molecule has 1 N–H and O–H groups in total. The molecule has 0 radical (unpaired) electrons. The highest BCUT2D eigenvalue weighted by atomic mass is 79.9. The van der Waals surface area contributed by atoms with Gasteiger partial charge < -0.3 is 5.32 Å². The lowest BCUT2D eigenvalue weighted by atomic mass is 10.1. The topological polar surface area (TPSA) is 29.1 Å². The normalized spacial score (nSPS) is 12.2. The molecule has 88 valence electrons. The molecular formula is C12H15Br2NO. The second-order valence-electron chi connectivity index (χ2n) is 3.72. The van der Waals surface area contributed by atoms with Crippen molar-refractivity contribution in [3.63, 3.8) is 0 Å². The van der Waals surface area contributed by atoms with Crippen LogP contribution in [0, 0.1) is 6.92 Å². The van der Waals surface area contributed by atoms with E-state index in [1.165, 1.54) is 0 Å². The fourth-order valence-electron chi connectivity index (χ4n) is 1.33. The molecule has 0 aliphatic heterocycles. The minimum absolute atomic E-state index is 0.0260. The molecule has 1 atom stereocenters. The van der Waals surface area contributed by atoms with Crippen LogP contribution in [0.4, 0.5) is 0 Å². The zero-order valence-corrected chi connectivity index (χ0v) is 12.6. The van der Waals surface area contributed by atoms with Gasteiger partial charge in [-0.3, -0.25) is 4.79 Å². The van der Waals surface area contributed by atoms with Crippen molar-refractivity contribution in [1.29, 1.82) is 0 Å². The summed E-state index contributed by atoms with van der Waals surface area (Å²) in [5, 5.41) is 3.76. The predicted molar refractivity (Wildman–Crippen MR) is 74.2 cm³/mol. The summed E-state index contributed by atoms with van der Waals surface area (Å²) >= 11 is 6.78. The van der Waals surface area contributed by atoms with Gasteiger partial charge in [-0.1, -0.05) is 34.5 Å². The molecule has 0 fully saturated rings. The van der Waals surface area contributed by atoms with Crippen LogP contribution in [0.15, 0.2) is 22.7 Å². The quantitative estimate of drug-likeness (QED) is 0.826. The molecule has 0 spiro atoms. The van der Waals surface area contributed by atoms with Crippen LogP contribution in [0.5, 0.6) is 0 Å². The predicted octanol–water partition coefficient (Wildman–Crippen LogP) is 3.66. The Kier molecular flexibility index (Phi) is 5.49. The van der Waals surface area contributed by atoms with Crippen molar-refractivity contribution in [1.82, 2.24) is 5.32 Å². The van der Waals surface area contributed by atoms with Crippen molar-refractivity contribution in [2.75, 3.05) is 5.33 Å². The summed E-state index contributed by atoms with van der Waals surface area (Å²) in [7, 11) is 0. The van der Waals surface area contributed by atoms with Crippen LogP contribution in [0.3, 0.4) is 0 Å². The maximum absolute atomic E-state index is 12.0. The van der Waals surface area contributed by atoms with Crippen molar-refractivity contribution in [2.45, 2.75) is 26.3 Å². The van der Waals surface area contributed by atoms with Gasteiger partial charge in [0, 0.05) is 15.8 Å². The monoisotopic (exact) mass is 347 g/mol. The zero-order chi connectivity index (χ0) is 12.1. The lowest BCUT2D eigenvalue weighted by molar-refractivity contribution is 0.0939. The van der Waals surface area contributed by atoms with Crippen molar-refractivity contribution >= 4 is 37.8 Å². The van der Waals surface area contributed by atoms with Crippen molar-refractivity contribution < 1.29 is 4.79 Å². The molecule has 0 bridgehead atoms. The molecule has 0 aliphatic carbocycles. The summed E-state index contributed by atoms with van der Waals surface area (Å²) in [4.78, 5) is 12.0. The van der Waals surface area contributed by atoms with E-state index in [1.54, 1.807) is 0 Å². The summed E-state index contributed by atoms with van der Waals surface area (Å²) < 4.78 is 0.833. The highest BCUT2D eigenvalue weighted by molar-refractivity contribution is 9.10. The van der Waals surface area contributed by atoms with E-state index in [0.29, 0.717) is 5.56 Å². The van der Waals surface area contributed by atoms with E-state index in [1.807, 2.05) is 25.1 Å². The van der Waals surface area contributed by atoms with Gasteiger partial charge in [-0.2, -0.15) is 0 Å². The number of halogens is 2. The van der Waals surface area contributed by atoms with Gasteiger partial charge in [0.2, 0.25) is 0 Å². The number of carbonyl (C=O) groups is 1. The maximum Gasteiger partial charge on any atom is 0.252 e. The second kappa shape index (κ2) is 6.40. The third kappa shape index (κ3) is 3.59. The van der Waals surface area contributed by atoms with E-state index in [4.69, 9.17) is 0 Å². The lowest BCUT2D eigenvalue weighted by Gasteiger charge is -2.14. The molecule has 0 heterocycles. The maximum atomic E-state index is 12.0. The van der Waals surface area contributed by atoms with Gasteiger partial charge in [-0.15, -0.1) is 0 Å². The number of carbonyl (C=O) groups excluding carboxylic acids is 1. The number of hydrogen-bond acceptors (Lipinski definition) is 1. The van der Waals surface area contributed by atoms with Crippen LogP contribution < -0.4 is 5.32 Å². The van der Waals surface area contributed by atoms with Crippen LogP contribution in [-0.2, 0) is 0 Å². The van der Waals surface area contributed by atoms with Crippen LogP contribution in [0.25, 0.3) is 0 Å². The van der Waals surface area contributed by atoms with E-state index in [0.717, 1.165) is 21.8 Å². The summed E-state index contributed by atoms with van der Waals surface area (Å²) in [5.41, 5.74) is 1.78. The Balaban J connectivity index is 2.83. The number of hydrogen-bond donors (Lipinski definition) is 1. The van der Waals surface area contributed by atoms with E-state index in [2.05, 4.69) is 44.1 Å². The average Bonchev–Trinajstić information content (AvgIpc) is 2.28. The molecule has 1 aromatic rings. The fraction of sp³-hybridized carbons (Fsp3) is 0.417. The van der Waals surface area contributed by atoms with Crippen molar-refractivity contribution in [3.8, 4) is 0 Å². The summed E-state index contributed by atoms with van der Waals surface area (Å²) in [6, 6.07) is 5.95. The number of nitrogens with one attached hydrogen (secondary N) is 1. The molecule has 1 rings (SSSR count). The molecule has 1 unspecified atom stereocenters. The third-order valence-electron chi connectivity index (χ3n) is 2.38. The molecule has 1 amide bonds. The van der Waals surface area contributed by atoms with Gasteiger partial charge in [0.1, 0.15) is 0 Å². The second-order valence-corrected chi connectivity index (χ2v) is 5.22. The number of aryl methyl sites for hydroxylation is 1. The first-order valence-electron chi connectivity index (χ1n) is 5.21. The van der Waals surface area contributed by atoms with Crippen LogP contribution >= 0.6 is 31.9 Å². The SMILES string of the molecule is CCC(CBr)NC(=O)c1cc(C)ccc1Br. The highest BCUT2D eigenvalue weighted by Gasteiger charge is 2.13. The Bertz CT molecular complexity index is 375. The first kappa shape index (κ1) is 13.7. The Morgan fingerprint density at radius 1 is 1.50 bits per heavy atom. The summed E-state index contributed by atoms with van der Waals surface area (Å²) in [6.07, 6.45) is 0.917. The first-order chi connectivity index (χ1) is 7.58. The third-order valence-corrected chi connectivity index (χ3v) is 3.85. The Labute approximate surface area is 113 Å². The molecule has 2 nitrogen and oxygen atoms in total. The van der Waals surface area contributed by atoms with Gasteiger partial charge >= 0.3 is 0 Å². The molecule has 0 aromatic heterocycles. The molecule has 0 saturated carbocycles. The fourth-order valence-corrected chi connectivity index (χ4v) is 2.37. The first-order valence-corrected chi connectivity index (χ1v) is 7.13. The number of rotatable bonds is 4. The number of amides is 1. The Morgan fingerprint density at radius 2 is 2.19 bits per heavy atom. The molecule has 16 heavy (non-hydrogen) atoms. The smallest absolute Gasteiger partial charge is 0.252 e. The Hall–Kier alpha value is -0.350. The average molecular weight is 349 g/mol. The van der Waals surface area contributed by atoms with Crippen LogP contribution in [-0.4, -0.2) is 17.3 Å². The van der Waals surface area contributed by atoms with Gasteiger partial charge in [0.05, 0.1) is 5.56 Å². The molecule has 0 saturated heterocycles. The largest absolute Gasteiger partial charge is 0.348 e. The van der Waals surface area contributed by atoms with Crippen molar-refractivity contribution in [3.05, 3.63) is 33.8 Å². The van der Waals surface area contributed by atoms with Crippen LogP contribution in [0.2, 0.25) is 0 Å². The molecule has 1 aromatic carbocycles. The summed E-state index contributed by atoms with van der Waals surface area (Å²) in [5.74, 6) is -0.0260. The minimum Gasteiger partial charge on any atom is -0.348 e. The lowest BCUT2D eigenvalue weighted by Crippen LogP contribution is -2.35. The van der Waals surface area contributed by atoms with E-state index in [-0.39, 0.29) is 11.9 Å². The van der Waals surface area contributed by atoms with Crippen molar-refractivity contribution in [2.24, 2.45) is 0 Å². The minimum atomic E-state index is -0.0260. The summed E-state index contributed by atoms with van der Waals surface area (Å²) in [6.45, 7) is 4.03. The molecular weight excluding hydrogens is 334 g/mol.